The van der Waals surface area contributed by atoms with Crippen molar-refractivity contribution in [2.45, 2.75) is 19.4 Å². The molecular weight excluding hydrogens is 200 g/mol. The van der Waals surface area contributed by atoms with Crippen molar-refractivity contribution in [2.24, 2.45) is 0 Å². The Bertz CT molecular complexity index is 265. The molecule has 0 aliphatic carbocycles. The molecule has 3 amide bonds. The Balaban J connectivity index is 2.42. The first-order valence-electron chi connectivity index (χ1n) is 4.82. The lowest BCUT2D eigenvalue weighted by atomic mass is 10.1. The average molecular weight is 216 g/mol. The number of ether oxygens (including phenoxy) is 1. The third-order valence-corrected chi connectivity index (χ3v) is 2.14. The van der Waals surface area contributed by atoms with Gasteiger partial charge < -0.3 is 15.2 Å². The van der Waals surface area contributed by atoms with Crippen molar-refractivity contribution >= 4 is 11.9 Å². The molecule has 86 valence electrons. The zero-order valence-corrected chi connectivity index (χ0v) is 8.95. The van der Waals surface area contributed by atoms with Crippen molar-refractivity contribution in [2.75, 3.05) is 26.4 Å². The van der Waals surface area contributed by atoms with Crippen LogP contribution in [0.1, 0.15) is 13.8 Å². The van der Waals surface area contributed by atoms with Crippen LogP contribution in [0.5, 0.6) is 0 Å². The first-order chi connectivity index (χ1) is 6.99. The van der Waals surface area contributed by atoms with Gasteiger partial charge in [0.05, 0.1) is 26.4 Å². The monoisotopic (exact) mass is 216 g/mol. The number of amides is 3. The maximum Gasteiger partial charge on any atom is 0.325 e. The zero-order chi connectivity index (χ0) is 11.5. The lowest BCUT2D eigenvalue weighted by Crippen LogP contribution is -2.40. The van der Waals surface area contributed by atoms with E-state index in [9.17, 15) is 9.59 Å². The summed E-state index contributed by atoms with van der Waals surface area (Å²) in [5.74, 6) is -0.250. The second-order valence-electron chi connectivity index (χ2n) is 3.85. The van der Waals surface area contributed by atoms with Crippen LogP contribution >= 0.6 is 0 Å². The van der Waals surface area contributed by atoms with Gasteiger partial charge in [-0.15, -0.1) is 0 Å². The number of aliphatic hydroxyl groups is 1. The Morgan fingerprint density at radius 2 is 2.07 bits per heavy atom. The lowest BCUT2D eigenvalue weighted by molar-refractivity contribution is -0.130. The molecule has 0 bridgehead atoms. The summed E-state index contributed by atoms with van der Waals surface area (Å²) < 4.78 is 4.99. The number of carbonyl (C=O) groups is 2. The van der Waals surface area contributed by atoms with Crippen LogP contribution in [0.2, 0.25) is 0 Å². The second kappa shape index (κ2) is 4.59. The molecule has 15 heavy (non-hydrogen) atoms. The van der Waals surface area contributed by atoms with Crippen LogP contribution in [0.3, 0.4) is 0 Å². The van der Waals surface area contributed by atoms with Gasteiger partial charge in [-0.25, -0.2) is 4.79 Å². The van der Waals surface area contributed by atoms with Crippen LogP contribution in [0.4, 0.5) is 4.79 Å². The lowest BCUT2D eigenvalue weighted by Gasteiger charge is -2.15. The summed E-state index contributed by atoms with van der Waals surface area (Å²) in [4.78, 5) is 24.1. The number of hydrogen-bond acceptors (Lipinski definition) is 4. The van der Waals surface area contributed by atoms with Crippen LogP contribution in [-0.4, -0.2) is 53.8 Å². The summed E-state index contributed by atoms with van der Waals surface area (Å²) in [6, 6.07) is -0.391. The summed E-state index contributed by atoms with van der Waals surface area (Å²) in [6.07, 6.45) is 0. The Morgan fingerprint density at radius 3 is 2.53 bits per heavy atom. The number of imide groups is 1. The van der Waals surface area contributed by atoms with Gasteiger partial charge in [-0.1, -0.05) is 0 Å². The normalized spacial score (nSPS) is 19.5. The van der Waals surface area contributed by atoms with Crippen LogP contribution in [0.15, 0.2) is 0 Å². The van der Waals surface area contributed by atoms with Gasteiger partial charge in [0.1, 0.15) is 5.54 Å². The third-order valence-electron chi connectivity index (χ3n) is 2.14. The van der Waals surface area contributed by atoms with E-state index in [2.05, 4.69) is 5.32 Å². The summed E-state index contributed by atoms with van der Waals surface area (Å²) in [7, 11) is 0. The van der Waals surface area contributed by atoms with E-state index in [1.807, 2.05) is 0 Å². The first kappa shape index (κ1) is 11.9. The van der Waals surface area contributed by atoms with E-state index in [-0.39, 0.29) is 32.3 Å². The molecular formula is C9H16N2O4. The predicted molar refractivity (Wildman–Crippen MR) is 52.2 cm³/mol. The summed E-state index contributed by atoms with van der Waals surface area (Å²) in [5, 5.41) is 11.0. The fourth-order valence-electron chi connectivity index (χ4n) is 1.34. The van der Waals surface area contributed by atoms with Gasteiger partial charge in [-0.2, -0.15) is 0 Å². The van der Waals surface area contributed by atoms with Crippen molar-refractivity contribution in [1.82, 2.24) is 10.2 Å². The molecule has 0 unspecified atom stereocenters. The van der Waals surface area contributed by atoms with Crippen LogP contribution in [0.25, 0.3) is 0 Å². The Hall–Kier alpha value is -1.14. The maximum absolute atomic E-state index is 11.6. The van der Waals surface area contributed by atoms with E-state index >= 15 is 0 Å². The second-order valence-corrected chi connectivity index (χ2v) is 3.85. The SMILES string of the molecule is CC1(C)NC(=O)N(CCOCCO)C1=O. The molecule has 0 spiro atoms. The largest absolute Gasteiger partial charge is 0.394 e. The van der Waals surface area contributed by atoms with Crippen molar-refractivity contribution in [3.05, 3.63) is 0 Å². The molecule has 6 heteroatoms. The van der Waals surface area contributed by atoms with Crippen molar-refractivity contribution < 1.29 is 19.4 Å². The van der Waals surface area contributed by atoms with E-state index in [0.29, 0.717) is 0 Å². The highest BCUT2D eigenvalue weighted by molar-refractivity contribution is 6.06. The van der Waals surface area contributed by atoms with Gasteiger partial charge in [-0.3, -0.25) is 9.69 Å². The molecule has 1 aliphatic heterocycles. The van der Waals surface area contributed by atoms with Gasteiger partial charge in [-0.05, 0) is 13.8 Å². The molecule has 0 aromatic carbocycles. The first-order valence-corrected chi connectivity index (χ1v) is 4.82. The molecule has 0 radical (unpaired) electrons. The molecule has 0 saturated carbocycles. The number of hydrogen-bond donors (Lipinski definition) is 2. The minimum atomic E-state index is -0.825. The van der Waals surface area contributed by atoms with Gasteiger partial charge in [0, 0.05) is 0 Å². The number of aliphatic hydroxyl groups excluding tert-OH is 1. The molecule has 6 nitrogen and oxygen atoms in total. The number of nitrogens with one attached hydrogen (secondary N) is 1. The minimum Gasteiger partial charge on any atom is -0.394 e. The van der Waals surface area contributed by atoms with Crippen molar-refractivity contribution in [3.8, 4) is 0 Å². The van der Waals surface area contributed by atoms with E-state index in [0.717, 1.165) is 4.90 Å². The van der Waals surface area contributed by atoms with Crippen LogP contribution in [-0.2, 0) is 9.53 Å². The topological polar surface area (TPSA) is 78.9 Å². The molecule has 1 fully saturated rings. The standard InChI is InChI=1S/C9H16N2O4/c1-9(2)7(13)11(8(14)10-9)3-5-15-6-4-12/h12H,3-6H2,1-2H3,(H,10,14). The van der Waals surface area contributed by atoms with Crippen LogP contribution in [0, 0.1) is 0 Å². The number of carbonyl (C=O) groups excluding carboxylic acids is 2. The fourth-order valence-corrected chi connectivity index (χ4v) is 1.34. The third kappa shape index (κ3) is 2.66. The number of nitrogens with zero attached hydrogens (tertiary/aromatic N) is 1. The molecule has 0 aromatic heterocycles. The zero-order valence-electron chi connectivity index (χ0n) is 8.95. The number of urea groups is 1. The molecule has 1 rings (SSSR count). The van der Waals surface area contributed by atoms with E-state index in [4.69, 9.17) is 9.84 Å². The fraction of sp³-hybridized carbons (Fsp3) is 0.778. The van der Waals surface area contributed by atoms with Gasteiger partial charge in [0.2, 0.25) is 0 Å². The van der Waals surface area contributed by atoms with E-state index in [1.165, 1.54) is 0 Å². The van der Waals surface area contributed by atoms with Crippen molar-refractivity contribution in [3.63, 3.8) is 0 Å². The molecule has 0 atom stereocenters. The van der Waals surface area contributed by atoms with E-state index in [1.54, 1.807) is 13.8 Å². The predicted octanol–water partition coefficient (Wildman–Crippen LogP) is -0.674. The average Bonchev–Trinajstić information content (AvgIpc) is 2.33. The van der Waals surface area contributed by atoms with Gasteiger partial charge in [0.15, 0.2) is 0 Å². The maximum atomic E-state index is 11.6. The summed E-state index contributed by atoms with van der Waals surface area (Å²) >= 11 is 0. The van der Waals surface area contributed by atoms with Gasteiger partial charge >= 0.3 is 6.03 Å². The highest BCUT2D eigenvalue weighted by atomic mass is 16.5. The number of rotatable bonds is 5. The Morgan fingerprint density at radius 1 is 1.40 bits per heavy atom. The molecule has 1 saturated heterocycles. The van der Waals surface area contributed by atoms with Crippen molar-refractivity contribution in [1.29, 1.82) is 0 Å². The summed E-state index contributed by atoms with van der Waals surface area (Å²) in [6.45, 7) is 3.92. The Labute approximate surface area is 88.2 Å². The highest BCUT2D eigenvalue weighted by Crippen LogP contribution is 2.15. The van der Waals surface area contributed by atoms with Gasteiger partial charge in [0.25, 0.3) is 5.91 Å². The highest BCUT2D eigenvalue weighted by Gasteiger charge is 2.43. The molecule has 0 aromatic rings. The minimum absolute atomic E-state index is 0.0639. The molecule has 2 N–H and O–H groups in total. The Kier molecular flexibility index (Phi) is 3.65. The van der Waals surface area contributed by atoms with Crippen LogP contribution < -0.4 is 5.32 Å². The summed E-state index contributed by atoms with van der Waals surface area (Å²) in [5.41, 5.74) is -0.825. The molecule has 1 heterocycles. The van der Waals surface area contributed by atoms with E-state index < -0.39 is 11.6 Å². The smallest absolute Gasteiger partial charge is 0.325 e. The molecule has 1 aliphatic rings. The quantitative estimate of drug-likeness (QED) is 0.471.